The Bertz CT molecular complexity index is 438. The van der Waals surface area contributed by atoms with E-state index in [4.69, 9.17) is 9.53 Å². The minimum Gasteiger partial charge on any atom is -0.478 e. The minimum atomic E-state index is -1.87. The van der Waals surface area contributed by atoms with Gasteiger partial charge in [0, 0.05) is 18.0 Å². The van der Waals surface area contributed by atoms with Crippen LogP contribution < -0.4 is 0 Å². The van der Waals surface area contributed by atoms with E-state index in [1.165, 1.54) is 12.3 Å². The summed E-state index contributed by atoms with van der Waals surface area (Å²) in [5.74, 6) is -0.939. The topological polar surface area (TPSA) is 59.4 Å². The average molecular weight is 267 g/mol. The normalized spacial score (nSPS) is 12.5. The van der Waals surface area contributed by atoms with Crippen molar-refractivity contribution in [2.75, 3.05) is 0 Å². The summed E-state index contributed by atoms with van der Waals surface area (Å²) in [7, 11) is -1.87. The predicted octanol–water partition coefficient (Wildman–Crippen LogP) is 3.30. The third-order valence-corrected chi connectivity index (χ3v) is 8.01. The van der Waals surface area contributed by atoms with Crippen LogP contribution in [0.15, 0.2) is 18.5 Å². The Balaban J connectivity index is 2.85. The molecule has 1 N–H and O–H groups in total. The van der Waals surface area contributed by atoms with E-state index in [1.54, 1.807) is 6.20 Å². The summed E-state index contributed by atoms with van der Waals surface area (Å²) in [4.78, 5) is 15.0. The molecule has 100 valence electrons. The zero-order valence-corrected chi connectivity index (χ0v) is 12.7. The molecule has 4 nitrogen and oxygen atoms in total. The SMILES string of the molecule is CC(C)(C)[Si](C)(C)OCc1cnccc1C(=O)O. The van der Waals surface area contributed by atoms with Gasteiger partial charge < -0.3 is 9.53 Å². The zero-order chi connectivity index (χ0) is 14.0. The molecule has 18 heavy (non-hydrogen) atoms. The molecule has 1 aromatic rings. The van der Waals surface area contributed by atoms with E-state index in [9.17, 15) is 4.79 Å². The van der Waals surface area contributed by atoms with Gasteiger partial charge in [0.2, 0.25) is 0 Å². The van der Waals surface area contributed by atoms with Crippen LogP contribution in [0.4, 0.5) is 0 Å². The second-order valence-corrected chi connectivity index (χ2v) is 10.7. The van der Waals surface area contributed by atoms with Gasteiger partial charge in [-0.2, -0.15) is 0 Å². The number of aromatic carboxylic acids is 1. The van der Waals surface area contributed by atoms with Crippen LogP contribution in [-0.4, -0.2) is 24.4 Å². The third kappa shape index (κ3) is 3.40. The molecule has 0 saturated carbocycles. The van der Waals surface area contributed by atoms with Gasteiger partial charge in [-0.15, -0.1) is 0 Å². The Morgan fingerprint density at radius 2 is 2.06 bits per heavy atom. The van der Waals surface area contributed by atoms with Gasteiger partial charge >= 0.3 is 5.97 Å². The number of carboxylic acids is 1. The summed E-state index contributed by atoms with van der Waals surface area (Å²) in [6, 6.07) is 1.51. The molecule has 5 heteroatoms. The fourth-order valence-electron chi connectivity index (χ4n) is 1.23. The quantitative estimate of drug-likeness (QED) is 0.850. The number of rotatable bonds is 4. The van der Waals surface area contributed by atoms with E-state index in [0.717, 1.165) is 0 Å². The Kier molecular flexibility index (Phi) is 4.29. The van der Waals surface area contributed by atoms with Crippen molar-refractivity contribution in [1.29, 1.82) is 0 Å². The van der Waals surface area contributed by atoms with Crippen LogP contribution in [0.25, 0.3) is 0 Å². The van der Waals surface area contributed by atoms with Crippen LogP contribution in [0.3, 0.4) is 0 Å². The van der Waals surface area contributed by atoms with Crippen LogP contribution in [0.2, 0.25) is 18.1 Å². The summed E-state index contributed by atoms with van der Waals surface area (Å²) in [6.45, 7) is 11.1. The highest BCUT2D eigenvalue weighted by Crippen LogP contribution is 2.37. The molecule has 0 saturated heterocycles. The van der Waals surface area contributed by atoms with Gasteiger partial charge in [-0.3, -0.25) is 4.98 Å². The molecule has 0 spiro atoms. The van der Waals surface area contributed by atoms with Gasteiger partial charge in [-0.05, 0) is 24.2 Å². The van der Waals surface area contributed by atoms with E-state index < -0.39 is 14.3 Å². The number of hydrogen-bond donors (Lipinski definition) is 1. The Labute approximate surface area is 109 Å². The van der Waals surface area contributed by atoms with Crippen LogP contribution >= 0.6 is 0 Å². The van der Waals surface area contributed by atoms with Crippen molar-refractivity contribution in [2.45, 2.75) is 45.5 Å². The molecule has 1 rings (SSSR count). The van der Waals surface area contributed by atoms with Crippen molar-refractivity contribution in [1.82, 2.24) is 4.98 Å². The third-order valence-electron chi connectivity index (χ3n) is 3.53. The number of pyridine rings is 1. The first-order valence-corrected chi connectivity index (χ1v) is 8.86. The number of hydrogen-bond acceptors (Lipinski definition) is 3. The molecule has 0 amide bonds. The van der Waals surface area contributed by atoms with E-state index in [1.807, 2.05) is 0 Å². The molecule has 0 radical (unpaired) electrons. The molecular weight excluding hydrogens is 246 g/mol. The maximum Gasteiger partial charge on any atom is 0.336 e. The maximum absolute atomic E-state index is 11.1. The fourth-order valence-corrected chi connectivity index (χ4v) is 2.17. The molecule has 0 fully saturated rings. The second kappa shape index (κ2) is 5.20. The van der Waals surface area contributed by atoms with Gasteiger partial charge in [-0.25, -0.2) is 4.79 Å². The molecule has 1 aromatic heterocycles. The Hall–Kier alpha value is -1.20. The van der Waals surface area contributed by atoms with Crippen LogP contribution in [-0.2, 0) is 11.0 Å². The minimum absolute atomic E-state index is 0.110. The monoisotopic (exact) mass is 267 g/mol. The summed E-state index contributed by atoms with van der Waals surface area (Å²) >= 11 is 0. The molecule has 1 heterocycles. The molecule has 0 aliphatic heterocycles. The first-order chi connectivity index (χ1) is 8.15. The van der Waals surface area contributed by atoms with Crippen molar-refractivity contribution in [3.63, 3.8) is 0 Å². The second-order valence-electron chi connectivity index (χ2n) is 5.89. The average Bonchev–Trinajstić information content (AvgIpc) is 2.25. The fraction of sp³-hybridized carbons (Fsp3) is 0.538. The molecule has 0 aliphatic rings. The Morgan fingerprint density at radius 3 is 2.56 bits per heavy atom. The molecule has 0 bridgehead atoms. The smallest absolute Gasteiger partial charge is 0.336 e. The lowest BCUT2D eigenvalue weighted by Crippen LogP contribution is -2.40. The first kappa shape index (κ1) is 14.9. The van der Waals surface area contributed by atoms with E-state index in [-0.39, 0.29) is 10.6 Å². The Morgan fingerprint density at radius 1 is 1.44 bits per heavy atom. The summed E-state index contributed by atoms with van der Waals surface area (Å²) in [5, 5.41) is 9.19. The van der Waals surface area contributed by atoms with Gasteiger partial charge in [0.25, 0.3) is 0 Å². The molecule has 0 aromatic carbocycles. The van der Waals surface area contributed by atoms with Crippen molar-refractivity contribution < 1.29 is 14.3 Å². The zero-order valence-electron chi connectivity index (χ0n) is 11.7. The molecular formula is C13H21NO3Si. The van der Waals surface area contributed by atoms with Crippen molar-refractivity contribution in [3.05, 3.63) is 29.6 Å². The van der Waals surface area contributed by atoms with Gasteiger partial charge in [0.05, 0.1) is 12.2 Å². The van der Waals surface area contributed by atoms with Crippen molar-refractivity contribution >= 4 is 14.3 Å². The summed E-state index contributed by atoms with van der Waals surface area (Å²) in [5.41, 5.74) is 0.901. The lowest BCUT2D eigenvalue weighted by Gasteiger charge is -2.36. The lowest BCUT2D eigenvalue weighted by atomic mass is 10.1. The first-order valence-electron chi connectivity index (χ1n) is 5.95. The predicted molar refractivity (Wildman–Crippen MR) is 73.2 cm³/mol. The number of nitrogens with zero attached hydrogens (tertiary/aromatic N) is 1. The summed E-state index contributed by atoms with van der Waals surface area (Å²) < 4.78 is 6.01. The van der Waals surface area contributed by atoms with Gasteiger partial charge in [0.1, 0.15) is 0 Å². The van der Waals surface area contributed by atoms with E-state index in [2.05, 4.69) is 38.8 Å². The highest BCUT2D eigenvalue weighted by molar-refractivity contribution is 6.74. The molecule has 0 aliphatic carbocycles. The largest absolute Gasteiger partial charge is 0.478 e. The van der Waals surface area contributed by atoms with Crippen molar-refractivity contribution in [3.8, 4) is 0 Å². The highest BCUT2D eigenvalue weighted by Gasteiger charge is 2.37. The van der Waals surface area contributed by atoms with Crippen molar-refractivity contribution in [2.24, 2.45) is 0 Å². The van der Waals surface area contributed by atoms with Crippen LogP contribution in [0.5, 0.6) is 0 Å². The van der Waals surface area contributed by atoms with Gasteiger partial charge in [0.15, 0.2) is 8.32 Å². The summed E-state index contributed by atoms with van der Waals surface area (Å²) in [6.07, 6.45) is 3.05. The number of carbonyl (C=O) groups is 1. The molecule has 0 atom stereocenters. The maximum atomic E-state index is 11.1. The lowest BCUT2D eigenvalue weighted by molar-refractivity contribution is 0.0693. The van der Waals surface area contributed by atoms with Crippen LogP contribution in [0.1, 0.15) is 36.7 Å². The molecule has 0 unspecified atom stereocenters. The van der Waals surface area contributed by atoms with E-state index >= 15 is 0 Å². The van der Waals surface area contributed by atoms with Crippen LogP contribution in [0, 0.1) is 0 Å². The standard InChI is InChI=1S/C13H21NO3Si/c1-13(2,3)18(4,5)17-9-10-8-14-7-6-11(10)12(15)16/h6-8H,9H2,1-5H3,(H,15,16). The van der Waals surface area contributed by atoms with Gasteiger partial charge in [-0.1, -0.05) is 20.8 Å². The van der Waals surface area contributed by atoms with E-state index in [0.29, 0.717) is 12.2 Å². The number of carboxylic acid groups (broad SMARTS) is 1. The highest BCUT2D eigenvalue weighted by atomic mass is 28.4. The number of aromatic nitrogens is 1.